The van der Waals surface area contributed by atoms with Crippen molar-refractivity contribution >= 4 is 16.3 Å². The van der Waals surface area contributed by atoms with Crippen LogP contribution in [-0.4, -0.2) is 36.3 Å². The maximum atomic E-state index is 10.7. The first kappa shape index (κ1) is 15.4. The summed E-state index contributed by atoms with van der Waals surface area (Å²) in [6.07, 6.45) is -1.21. The number of hydrogen-bond acceptors (Lipinski definition) is 4. The molecule has 0 rings (SSSR count). The van der Waals surface area contributed by atoms with Gasteiger partial charge in [-0.05, 0) is 6.92 Å². The van der Waals surface area contributed by atoms with Gasteiger partial charge in [0.05, 0.1) is 6.61 Å². The Labute approximate surface area is 77.0 Å². The van der Waals surface area contributed by atoms with Gasteiger partial charge in [0.15, 0.2) is 0 Å². The second-order valence-corrected chi connectivity index (χ2v) is 3.03. The van der Waals surface area contributed by atoms with Gasteiger partial charge in [0.25, 0.3) is 0 Å². The zero-order valence-corrected chi connectivity index (χ0v) is 7.59. The van der Waals surface area contributed by atoms with Crippen LogP contribution in [0, 0.1) is 0 Å². The Hall–Kier alpha value is -1.03. The van der Waals surface area contributed by atoms with E-state index < -0.39 is 21.8 Å². The summed E-state index contributed by atoms with van der Waals surface area (Å²) in [6, 6.07) is 0. The van der Waals surface area contributed by atoms with Gasteiger partial charge >= 0.3 is 21.8 Å². The Morgan fingerprint density at radius 3 is 1.71 bits per heavy atom. The van der Waals surface area contributed by atoms with Crippen molar-refractivity contribution in [1.82, 2.24) is 0 Å². The molecule has 0 heterocycles. The Bertz CT molecular complexity index is 267. The fraction of sp³-hybridized carbons (Fsp3) is 0.750. The lowest BCUT2D eigenvalue weighted by Gasteiger charge is -1.97. The second-order valence-electron chi connectivity index (χ2n) is 1.62. The van der Waals surface area contributed by atoms with Gasteiger partial charge in [0, 0.05) is 0 Å². The van der Waals surface area contributed by atoms with Crippen molar-refractivity contribution in [1.29, 1.82) is 0 Å². The lowest BCUT2D eigenvalue weighted by atomic mass is 10.9. The third kappa shape index (κ3) is 9.06. The van der Waals surface area contributed by atoms with E-state index in [1.165, 1.54) is 0 Å². The van der Waals surface area contributed by atoms with Gasteiger partial charge in [-0.25, -0.2) is 4.79 Å². The molecule has 0 aliphatic heterocycles. The predicted molar refractivity (Wildman–Crippen MR) is 37.3 cm³/mol. The third-order valence-electron chi connectivity index (χ3n) is 0.560. The summed E-state index contributed by atoms with van der Waals surface area (Å²) in [5.74, 6) is 0. The van der Waals surface area contributed by atoms with E-state index in [9.17, 15) is 18.0 Å². The summed E-state index contributed by atoms with van der Waals surface area (Å²) < 4.78 is 61.5. The molecular weight excluding hydrogens is 233 g/mol. The highest BCUT2D eigenvalue weighted by Crippen LogP contribution is 2.20. The fourth-order valence-corrected chi connectivity index (χ4v) is 0.123. The molecule has 0 aromatic rings. The van der Waals surface area contributed by atoms with E-state index in [4.69, 9.17) is 18.1 Å². The van der Waals surface area contributed by atoms with Crippen LogP contribution in [-0.2, 0) is 14.9 Å². The van der Waals surface area contributed by atoms with Crippen LogP contribution in [0.25, 0.3) is 0 Å². The number of halogens is 3. The molecule has 0 aliphatic carbocycles. The molecule has 2 N–H and O–H groups in total. The molecule has 6 nitrogen and oxygen atoms in total. The summed E-state index contributed by atoms with van der Waals surface area (Å²) in [7, 11) is -5.84. The molecule has 0 saturated heterocycles. The van der Waals surface area contributed by atoms with Gasteiger partial charge in [0.2, 0.25) is 0 Å². The molecule has 0 aromatic heterocycles. The molecule has 10 heteroatoms. The van der Waals surface area contributed by atoms with Gasteiger partial charge in [0.1, 0.15) is 0 Å². The van der Waals surface area contributed by atoms with Crippen molar-refractivity contribution < 1.29 is 40.8 Å². The van der Waals surface area contributed by atoms with Crippen molar-refractivity contribution in [2.24, 2.45) is 0 Å². The maximum Gasteiger partial charge on any atom is 0.522 e. The number of carbonyl (C=O) groups is 1. The summed E-state index contributed by atoms with van der Waals surface area (Å²) in [4.78, 5) is 9.38. The van der Waals surface area contributed by atoms with Gasteiger partial charge in [-0.2, -0.15) is 21.6 Å². The average molecular weight is 240 g/mol. The third-order valence-corrected chi connectivity index (χ3v) is 1.15. The molecule has 0 aliphatic rings. The summed E-state index contributed by atoms with van der Waals surface area (Å²) in [5.41, 5.74) is -5.53. The van der Waals surface area contributed by atoms with Crippen molar-refractivity contribution in [2.45, 2.75) is 12.4 Å². The molecular formula is C4H7F3O6S. The zero-order chi connectivity index (χ0) is 12.0. The minimum Gasteiger partial charge on any atom is -0.450 e. The number of ether oxygens (including phenoxy) is 1. The Balaban J connectivity index is 0. The van der Waals surface area contributed by atoms with Gasteiger partial charge in [-0.1, -0.05) is 0 Å². The van der Waals surface area contributed by atoms with Crippen LogP contribution in [0.1, 0.15) is 6.92 Å². The predicted octanol–water partition coefficient (Wildman–Crippen LogP) is 1.09. The van der Waals surface area contributed by atoms with Crippen molar-refractivity contribution in [3.05, 3.63) is 0 Å². The van der Waals surface area contributed by atoms with Crippen LogP contribution in [0.15, 0.2) is 0 Å². The maximum absolute atomic E-state index is 10.7. The molecule has 0 fully saturated rings. The standard InChI is InChI=1S/C3H6O3.CHF3O3S/c1-2-6-3(4)5;2-1(3,4)8(5,6)7/h2H2,1H3,(H,4,5);(H,5,6,7). The van der Waals surface area contributed by atoms with Crippen LogP contribution < -0.4 is 0 Å². The van der Waals surface area contributed by atoms with E-state index in [1.54, 1.807) is 6.92 Å². The van der Waals surface area contributed by atoms with Crippen LogP contribution >= 0.6 is 0 Å². The molecule has 0 spiro atoms. The Kier molecular flexibility index (Phi) is 6.23. The highest BCUT2D eigenvalue weighted by atomic mass is 32.2. The first-order chi connectivity index (χ1) is 6.02. The van der Waals surface area contributed by atoms with E-state index >= 15 is 0 Å². The fourth-order valence-electron chi connectivity index (χ4n) is 0.123. The number of hydrogen-bond donors (Lipinski definition) is 2. The summed E-state index contributed by atoms with van der Waals surface area (Å²) in [5, 5.41) is 7.69. The van der Waals surface area contributed by atoms with Crippen LogP contribution in [0.5, 0.6) is 0 Å². The first-order valence-electron chi connectivity index (χ1n) is 2.91. The molecule has 86 valence electrons. The van der Waals surface area contributed by atoms with E-state index in [-0.39, 0.29) is 6.61 Å². The first-order valence-corrected chi connectivity index (χ1v) is 4.35. The molecule has 0 radical (unpaired) electrons. The van der Waals surface area contributed by atoms with Gasteiger partial charge < -0.3 is 9.84 Å². The second kappa shape index (κ2) is 5.65. The van der Waals surface area contributed by atoms with E-state index in [2.05, 4.69) is 4.74 Å². The van der Waals surface area contributed by atoms with Crippen molar-refractivity contribution in [3.8, 4) is 0 Å². The normalized spacial score (nSPS) is 11.2. The van der Waals surface area contributed by atoms with Crippen LogP contribution in [0.2, 0.25) is 0 Å². The minimum absolute atomic E-state index is 0.231. The average Bonchev–Trinajstić information content (AvgIpc) is 1.82. The van der Waals surface area contributed by atoms with Crippen molar-refractivity contribution in [3.63, 3.8) is 0 Å². The Morgan fingerprint density at radius 2 is 1.71 bits per heavy atom. The number of carboxylic acid groups (broad SMARTS) is 1. The van der Waals surface area contributed by atoms with E-state index in [0.29, 0.717) is 0 Å². The smallest absolute Gasteiger partial charge is 0.450 e. The monoisotopic (exact) mass is 240 g/mol. The molecule has 0 atom stereocenters. The summed E-state index contributed by atoms with van der Waals surface area (Å²) >= 11 is 0. The quantitative estimate of drug-likeness (QED) is 0.404. The van der Waals surface area contributed by atoms with Crippen molar-refractivity contribution in [2.75, 3.05) is 6.61 Å². The lowest BCUT2D eigenvalue weighted by Crippen LogP contribution is -2.21. The van der Waals surface area contributed by atoms with Gasteiger partial charge in [-0.15, -0.1) is 0 Å². The highest BCUT2D eigenvalue weighted by Gasteiger charge is 2.44. The SMILES string of the molecule is CCOC(=O)O.O=S(=O)(O)C(F)(F)F. The minimum atomic E-state index is -5.84. The molecule has 0 aromatic carbocycles. The summed E-state index contributed by atoms with van der Waals surface area (Å²) in [6.45, 7) is 1.85. The van der Waals surface area contributed by atoms with Gasteiger partial charge in [-0.3, -0.25) is 4.55 Å². The van der Waals surface area contributed by atoms with Crippen LogP contribution in [0.3, 0.4) is 0 Å². The molecule has 0 unspecified atom stereocenters. The molecule has 0 amide bonds. The topological polar surface area (TPSA) is 101 Å². The van der Waals surface area contributed by atoms with Crippen LogP contribution in [0.4, 0.5) is 18.0 Å². The Morgan fingerprint density at radius 1 is 1.43 bits per heavy atom. The van der Waals surface area contributed by atoms with E-state index in [0.717, 1.165) is 0 Å². The largest absolute Gasteiger partial charge is 0.522 e. The zero-order valence-electron chi connectivity index (χ0n) is 6.78. The lowest BCUT2D eigenvalue weighted by molar-refractivity contribution is -0.0510. The highest BCUT2D eigenvalue weighted by molar-refractivity contribution is 7.86. The molecule has 0 bridgehead atoms. The molecule has 14 heavy (non-hydrogen) atoms. The number of rotatable bonds is 1. The number of alkyl halides is 3. The molecule has 0 saturated carbocycles. The van der Waals surface area contributed by atoms with E-state index in [1.807, 2.05) is 0 Å².